The Balaban J connectivity index is 2.35. The Hall–Kier alpha value is -1.58. The molecule has 0 atom stereocenters. The molecule has 0 amide bonds. The van der Waals surface area contributed by atoms with E-state index in [9.17, 15) is 9.59 Å². The fourth-order valence-electron chi connectivity index (χ4n) is 1.49. The van der Waals surface area contributed by atoms with Crippen LogP contribution in [0.2, 0.25) is 0 Å². The number of unbranched alkanes of at least 4 members (excludes halogenated alkanes) is 3. The summed E-state index contributed by atoms with van der Waals surface area (Å²) < 4.78 is 0. The molecule has 4 nitrogen and oxygen atoms in total. The van der Waals surface area contributed by atoms with E-state index in [0.29, 0.717) is 5.70 Å². The molecule has 88 valence electrons. The predicted molar refractivity (Wildman–Crippen MR) is 62.5 cm³/mol. The first-order valence-electron chi connectivity index (χ1n) is 5.66. The van der Waals surface area contributed by atoms with Gasteiger partial charge in [0.2, 0.25) is 11.6 Å². The first kappa shape index (κ1) is 12.5. The highest BCUT2D eigenvalue weighted by Gasteiger charge is 2.17. The molecule has 0 fully saturated rings. The van der Waals surface area contributed by atoms with E-state index in [1.54, 1.807) is 0 Å². The summed E-state index contributed by atoms with van der Waals surface area (Å²) in [6.45, 7) is 2.87. The van der Waals surface area contributed by atoms with Crippen LogP contribution in [0, 0.1) is 0 Å². The largest absolute Gasteiger partial charge is 0.395 e. The summed E-state index contributed by atoms with van der Waals surface area (Å²) in [6, 6.07) is 0. The van der Waals surface area contributed by atoms with Crippen molar-refractivity contribution in [2.75, 3.05) is 6.54 Å². The Morgan fingerprint density at radius 1 is 1.12 bits per heavy atom. The molecule has 1 rings (SSSR count). The van der Waals surface area contributed by atoms with Crippen molar-refractivity contribution in [1.29, 1.82) is 0 Å². The number of carbonyl (C=O) groups is 2. The van der Waals surface area contributed by atoms with Crippen molar-refractivity contribution in [3.63, 3.8) is 0 Å². The number of allylic oxidation sites excluding steroid dienone is 2. The van der Waals surface area contributed by atoms with Crippen molar-refractivity contribution in [2.24, 2.45) is 5.73 Å². The summed E-state index contributed by atoms with van der Waals surface area (Å²) in [6.07, 6.45) is 6.97. The van der Waals surface area contributed by atoms with Crippen LogP contribution >= 0.6 is 0 Å². The normalized spacial score (nSPS) is 15.8. The Kier molecular flexibility index (Phi) is 4.76. The number of nitrogens with two attached hydrogens (primary N) is 1. The van der Waals surface area contributed by atoms with Crippen LogP contribution < -0.4 is 11.1 Å². The van der Waals surface area contributed by atoms with Crippen LogP contribution in [-0.4, -0.2) is 18.1 Å². The van der Waals surface area contributed by atoms with Crippen LogP contribution in [-0.2, 0) is 9.59 Å². The van der Waals surface area contributed by atoms with Gasteiger partial charge in [0.15, 0.2) is 0 Å². The Morgan fingerprint density at radius 2 is 1.88 bits per heavy atom. The highest BCUT2D eigenvalue weighted by atomic mass is 16.1. The van der Waals surface area contributed by atoms with Gasteiger partial charge in [-0.3, -0.25) is 9.59 Å². The van der Waals surface area contributed by atoms with E-state index in [2.05, 4.69) is 12.2 Å². The quantitative estimate of drug-likeness (QED) is 0.520. The maximum atomic E-state index is 11.4. The monoisotopic (exact) mass is 222 g/mol. The molecule has 4 heteroatoms. The van der Waals surface area contributed by atoms with Crippen LogP contribution in [0.5, 0.6) is 0 Å². The van der Waals surface area contributed by atoms with E-state index in [-0.39, 0.29) is 17.3 Å². The molecule has 0 radical (unpaired) electrons. The number of hydrogen-bond donors (Lipinski definition) is 2. The van der Waals surface area contributed by atoms with Crippen molar-refractivity contribution in [3.05, 3.63) is 23.5 Å². The lowest BCUT2D eigenvalue weighted by atomic mass is 10.1. The second-order valence-electron chi connectivity index (χ2n) is 3.87. The van der Waals surface area contributed by atoms with Crippen LogP contribution in [0.3, 0.4) is 0 Å². The zero-order valence-corrected chi connectivity index (χ0v) is 9.58. The van der Waals surface area contributed by atoms with Crippen molar-refractivity contribution in [2.45, 2.75) is 32.6 Å². The van der Waals surface area contributed by atoms with Gasteiger partial charge in [0, 0.05) is 18.7 Å². The van der Waals surface area contributed by atoms with Crippen molar-refractivity contribution in [3.8, 4) is 0 Å². The average Bonchev–Trinajstić information content (AvgIpc) is 2.25. The lowest BCUT2D eigenvalue weighted by molar-refractivity contribution is -0.115. The Labute approximate surface area is 95.6 Å². The Bertz CT molecular complexity index is 343. The first-order chi connectivity index (χ1) is 7.65. The molecule has 0 aromatic heterocycles. The smallest absolute Gasteiger partial charge is 0.203 e. The second kappa shape index (κ2) is 6.10. The van der Waals surface area contributed by atoms with Gasteiger partial charge in [-0.15, -0.1) is 0 Å². The minimum Gasteiger partial charge on any atom is -0.395 e. The molecule has 0 aromatic carbocycles. The summed E-state index contributed by atoms with van der Waals surface area (Å²) in [5.41, 5.74) is 5.72. The maximum Gasteiger partial charge on any atom is 0.203 e. The van der Waals surface area contributed by atoms with Crippen LogP contribution in [0.25, 0.3) is 0 Å². The molecule has 0 spiro atoms. The van der Waals surface area contributed by atoms with Gasteiger partial charge in [0.25, 0.3) is 0 Å². The van der Waals surface area contributed by atoms with Gasteiger partial charge < -0.3 is 11.1 Å². The third-order valence-corrected chi connectivity index (χ3v) is 2.46. The van der Waals surface area contributed by atoms with Crippen molar-refractivity contribution < 1.29 is 9.59 Å². The molecule has 0 saturated carbocycles. The second-order valence-corrected chi connectivity index (χ2v) is 3.87. The van der Waals surface area contributed by atoms with E-state index in [1.807, 2.05) is 0 Å². The fourth-order valence-corrected chi connectivity index (χ4v) is 1.49. The summed E-state index contributed by atoms with van der Waals surface area (Å²) in [4.78, 5) is 22.7. The summed E-state index contributed by atoms with van der Waals surface area (Å²) >= 11 is 0. The molecule has 1 aliphatic carbocycles. The van der Waals surface area contributed by atoms with Crippen LogP contribution in [0.1, 0.15) is 32.6 Å². The van der Waals surface area contributed by atoms with Gasteiger partial charge in [0.1, 0.15) is 0 Å². The molecule has 0 aliphatic heterocycles. The Morgan fingerprint density at radius 3 is 2.56 bits per heavy atom. The minimum absolute atomic E-state index is 0.0153. The van der Waals surface area contributed by atoms with E-state index < -0.39 is 0 Å². The first-order valence-corrected chi connectivity index (χ1v) is 5.66. The number of hydrogen-bond acceptors (Lipinski definition) is 4. The topological polar surface area (TPSA) is 72.2 Å². The molecule has 0 unspecified atom stereocenters. The zero-order chi connectivity index (χ0) is 12.0. The fraction of sp³-hybridized carbons (Fsp3) is 0.500. The number of rotatable bonds is 6. The predicted octanol–water partition coefficient (Wildman–Crippen LogP) is 1.03. The van der Waals surface area contributed by atoms with Gasteiger partial charge in [-0.05, 0) is 6.42 Å². The highest BCUT2D eigenvalue weighted by molar-refractivity contribution is 6.19. The molecule has 16 heavy (non-hydrogen) atoms. The van der Waals surface area contributed by atoms with Gasteiger partial charge in [-0.1, -0.05) is 26.2 Å². The van der Waals surface area contributed by atoms with Gasteiger partial charge in [0.05, 0.1) is 11.4 Å². The summed E-state index contributed by atoms with van der Waals surface area (Å²) in [5.74, 6) is -0.511. The molecule has 1 aliphatic rings. The van der Waals surface area contributed by atoms with E-state index >= 15 is 0 Å². The maximum absolute atomic E-state index is 11.4. The lowest BCUT2D eigenvalue weighted by Gasteiger charge is -2.11. The minimum atomic E-state index is -0.296. The van der Waals surface area contributed by atoms with Gasteiger partial charge in [-0.2, -0.15) is 0 Å². The van der Waals surface area contributed by atoms with Crippen LogP contribution in [0.4, 0.5) is 0 Å². The summed E-state index contributed by atoms with van der Waals surface area (Å²) in [5, 5.41) is 2.97. The molecular weight excluding hydrogens is 204 g/mol. The SMILES string of the molecule is CCCCCCNC1=CC(=O)C(N)=CC1=O. The van der Waals surface area contributed by atoms with Gasteiger partial charge >= 0.3 is 0 Å². The number of ketones is 2. The number of carbonyl (C=O) groups excluding carboxylic acids is 2. The summed E-state index contributed by atoms with van der Waals surface area (Å²) in [7, 11) is 0. The molecule has 3 N–H and O–H groups in total. The van der Waals surface area contributed by atoms with E-state index in [4.69, 9.17) is 5.73 Å². The lowest BCUT2D eigenvalue weighted by Crippen LogP contribution is -2.27. The standard InChI is InChI=1S/C12H18N2O2/c1-2-3-4-5-6-14-10-8-11(15)9(13)7-12(10)16/h7-8,14H,2-6,13H2,1H3. The van der Waals surface area contributed by atoms with Crippen molar-refractivity contribution >= 4 is 11.6 Å². The third kappa shape index (κ3) is 3.53. The van der Waals surface area contributed by atoms with Crippen molar-refractivity contribution in [1.82, 2.24) is 5.32 Å². The van der Waals surface area contributed by atoms with E-state index in [0.717, 1.165) is 19.4 Å². The zero-order valence-electron chi connectivity index (χ0n) is 9.58. The molecule has 0 bridgehead atoms. The molecule has 0 saturated heterocycles. The van der Waals surface area contributed by atoms with Crippen LogP contribution in [0.15, 0.2) is 23.5 Å². The third-order valence-electron chi connectivity index (χ3n) is 2.46. The van der Waals surface area contributed by atoms with E-state index in [1.165, 1.54) is 25.0 Å². The highest BCUT2D eigenvalue weighted by Crippen LogP contribution is 2.06. The molecule has 0 heterocycles. The average molecular weight is 222 g/mol. The van der Waals surface area contributed by atoms with Gasteiger partial charge in [-0.25, -0.2) is 0 Å². The molecular formula is C12H18N2O2. The number of nitrogens with one attached hydrogen (secondary N) is 1. The molecule has 0 aromatic rings.